The number of aryl methyl sites for hydroxylation is 1. The molecule has 3 heteroatoms. The van der Waals surface area contributed by atoms with Crippen molar-refractivity contribution in [3.05, 3.63) is 34.9 Å². The molecule has 1 atom stereocenters. The van der Waals surface area contributed by atoms with Crippen LogP contribution in [0.15, 0.2) is 12.1 Å². The molecule has 1 aromatic rings. The van der Waals surface area contributed by atoms with Crippen molar-refractivity contribution in [3.8, 4) is 0 Å². The van der Waals surface area contributed by atoms with E-state index in [1.54, 1.807) is 6.92 Å². The molecule has 0 bridgehead atoms. The Labute approximate surface area is 82.9 Å². The van der Waals surface area contributed by atoms with Gasteiger partial charge in [0.15, 0.2) is 0 Å². The third kappa shape index (κ3) is 2.77. The van der Waals surface area contributed by atoms with Crippen LogP contribution in [0.4, 0.5) is 8.78 Å². The van der Waals surface area contributed by atoms with E-state index in [1.807, 2.05) is 6.92 Å². The van der Waals surface area contributed by atoms with Crippen molar-refractivity contribution in [2.75, 3.05) is 0 Å². The second kappa shape index (κ2) is 4.51. The van der Waals surface area contributed by atoms with E-state index in [0.717, 1.165) is 0 Å². The van der Waals surface area contributed by atoms with Gasteiger partial charge in [0.2, 0.25) is 0 Å². The second-order valence-corrected chi connectivity index (χ2v) is 3.72. The number of rotatable bonds is 3. The normalized spacial score (nSPS) is 12.9. The lowest BCUT2D eigenvalue weighted by molar-refractivity contribution is 0.539. The van der Waals surface area contributed by atoms with Gasteiger partial charge in [0.1, 0.15) is 11.6 Å². The van der Waals surface area contributed by atoms with Crippen molar-refractivity contribution in [2.24, 2.45) is 5.73 Å². The van der Waals surface area contributed by atoms with Crippen molar-refractivity contribution in [1.82, 2.24) is 0 Å². The molecule has 1 rings (SSSR count). The van der Waals surface area contributed by atoms with Crippen LogP contribution < -0.4 is 5.73 Å². The summed E-state index contributed by atoms with van der Waals surface area (Å²) < 4.78 is 26.6. The van der Waals surface area contributed by atoms with E-state index in [-0.39, 0.29) is 11.6 Å². The van der Waals surface area contributed by atoms with Gasteiger partial charge in [-0.25, -0.2) is 8.78 Å². The van der Waals surface area contributed by atoms with Crippen LogP contribution in [-0.4, -0.2) is 6.04 Å². The second-order valence-electron chi connectivity index (χ2n) is 3.72. The van der Waals surface area contributed by atoms with Gasteiger partial charge >= 0.3 is 0 Å². The smallest absolute Gasteiger partial charge is 0.129 e. The first-order valence-electron chi connectivity index (χ1n) is 4.71. The van der Waals surface area contributed by atoms with Crippen molar-refractivity contribution < 1.29 is 8.78 Å². The van der Waals surface area contributed by atoms with Gasteiger partial charge in [-0.05, 0) is 44.4 Å². The Morgan fingerprint density at radius 3 is 2.21 bits per heavy atom. The Hall–Kier alpha value is -0.960. The van der Waals surface area contributed by atoms with E-state index in [1.165, 1.54) is 12.1 Å². The van der Waals surface area contributed by atoms with Gasteiger partial charge in [-0.3, -0.25) is 0 Å². The zero-order valence-electron chi connectivity index (χ0n) is 8.48. The molecular formula is C11H15F2N. The Balaban J connectivity index is 2.86. The van der Waals surface area contributed by atoms with Crippen LogP contribution in [0.2, 0.25) is 0 Å². The number of nitrogens with two attached hydrogens (primary N) is 1. The average molecular weight is 199 g/mol. The first-order chi connectivity index (χ1) is 6.50. The maximum atomic E-state index is 13.3. The lowest BCUT2D eigenvalue weighted by Gasteiger charge is -2.08. The molecule has 0 aliphatic heterocycles. The summed E-state index contributed by atoms with van der Waals surface area (Å²) in [5.74, 6) is -0.939. The fraction of sp³-hybridized carbons (Fsp3) is 0.455. The molecule has 0 saturated carbocycles. The van der Waals surface area contributed by atoms with E-state index in [4.69, 9.17) is 5.73 Å². The fourth-order valence-corrected chi connectivity index (χ4v) is 1.34. The molecule has 1 nitrogen and oxygen atoms in total. The standard InChI is InChI=1S/C11H15F2N/c1-7-5-10(12)9(11(13)6-7)4-3-8(2)14/h5-6,8H,3-4,14H2,1-2H3/t8-/m0/s1. The first kappa shape index (κ1) is 11.1. The summed E-state index contributed by atoms with van der Waals surface area (Å²) in [6.07, 6.45) is 0.951. The molecule has 2 N–H and O–H groups in total. The zero-order chi connectivity index (χ0) is 10.7. The third-order valence-electron chi connectivity index (χ3n) is 2.14. The predicted octanol–water partition coefficient (Wildman–Crippen LogP) is 2.55. The monoisotopic (exact) mass is 199 g/mol. The first-order valence-corrected chi connectivity index (χ1v) is 4.71. The Morgan fingerprint density at radius 2 is 1.79 bits per heavy atom. The summed E-state index contributed by atoms with van der Waals surface area (Å²) in [4.78, 5) is 0. The molecule has 0 aliphatic carbocycles. The SMILES string of the molecule is Cc1cc(F)c(CC[C@H](C)N)c(F)c1. The van der Waals surface area contributed by atoms with Gasteiger partial charge in [0, 0.05) is 11.6 Å². The molecule has 0 heterocycles. The summed E-state index contributed by atoms with van der Waals surface area (Å²) in [5.41, 5.74) is 6.27. The molecule has 1 aromatic carbocycles. The molecule has 0 amide bonds. The van der Waals surface area contributed by atoms with Crippen LogP contribution in [0, 0.1) is 18.6 Å². The maximum Gasteiger partial charge on any atom is 0.129 e. The summed E-state index contributed by atoms with van der Waals surface area (Å²) in [5, 5.41) is 0. The topological polar surface area (TPSA) is 26.0 Å². The van der Waals surface area contributed by atoms with Crippen LogP contribution in [0.5, 0.6) is 0 Å². The highest BCUT2D eigenvalue weighted by atomic mass is 19.1. The van der Waals surface area contributed by atoms with Crippen LogP contribution in [0.3, 0.4) is 0 Å². The Kier molecular flexibility index (Phi) is 3.58. The quantitative estimate of drug-likeness (QED) is 0.795. The third-order valence-corrected chi connectivity index (χ3v) is 2.14. The summed E-state index contributed by atoms with van der Waals surface area (Å²) in [6, 6.07) is 2.66. The largest absolute Gasteiger partial charge is 0.328 e. The number of benzene rings is 1. The molecule has 0 aliphatic rings. The molecular weight excluding hydrogens is 184 g/mol. The molecule has 0 saturated heterocycles. The van der Waals surface area contributed by atoms with Crippen LogP contribution in [-0.2, 0) is 6.42 Å². The zero-order valence-corrected chi connectivity index (χ0v) is 8.48. The fourth-order valence-electron chi connectivity index (χ4n) is 1.34. The lowest BCUT2D eigenvalue weighted by Crippen LogP contribution is -2.16. The van der Waals surface area contributed by atoms with E-state index in [0.29, 0.717) is 18.4 Å². The molecule has 0 radical (unpaired) electrons. The maximum absolute atomic E-state index is 13.3. The van der Waals surface area contributed by atoms with Crippen LogP contribution in [0.1, 0.15) is 24.5 Å². The van der Waals surface area contributed by atoms with Crippen LogP contribution in [0.25, 0.3) is 0 Å². The summed E-state index contributed by atoms with van der Waals surface area (Å²) in [7, 11) is 0. The van der Waals surface area contributed by atoms with Crippen molar-refractivity contribution in [3.63, 3.8) is 0 Å². The van der Waals surface area contributed by atoms with Crippen molar-refractivity contribution in [2.45, 2.75) is 32.7 Å². The highest BCUT2D eigenvalue weighted by molar-refractivity contribution is 5.25. The molecule has 14 heavy (non-hydrogen) atoms. The van der Waals surface area contributed by atoms with E-state index in [9.17, 15) is 8.78 Å². The van der Waals surface area contributed by atoms with Gasteiger partial charge in [-0.2, -0.15) is 0 Å². The Morgan fingerprint density at radius 1 is 1.29 bits per heavy atom. The van der Waals surface area contributed by atoms with Gasteiger partial charge < -0.3 is 5.73 Å². The minimum Gasteiger partial charge on any atom is -0.328 e. The average Bonchev–Trinajstić information content (AvgIpc) is 2.01. The van der Waals surface area contributed by atoms with Gasteiger partial charge in [0.05, 0.1) is 0 Å². The number of halogens is 2. The number of hydrogen-bond acceptors (Lipinski definition) is 1. The summed E-state index contributed by atoms with van der Waals surface area (Å²) in [6.45, 7) is 3.49. The highest BCUT2D eigenvalue weighted by Crippen LogP contribution is 2.17. The van der Waals surface area contributed by atoms with Gasteiger partial charge in [0.25, 0.3) is 0 Å². The Bertz CT molecular complexity index is 298. The molecule has 0 spiro atoms. The van der Waals surface area contributed by atoms with Gasteiger partial charge in [-0.1, -0.05) is 0 Å². The van der Waals surface area contributed by atoms with Gasteiger partial charge in [-0.15, -0.1) is 0 Å². The van der Waals surface area contributed by atoms with Crippen molar-refractivity contribution in [1.29, 1.82) is 0 Å². The van der Waals surface area contributed by atoms with E-state index in [2.05, 4.69) is 0 Å². The number of hydrogen-bond donors (Lipinski definition) is 1. The molecule has 78 valence electrons. The van der Waals surface area contributed by atoms with Crippen LogP contribution >= 0.6 is 0 Å². The molecule has 0 unspecified atom stereocenters. The lowest BCUT2D eigenvalue weighted by atomic mass is 10.0. The minimum atomic E-state index is -0.469. The molecule has 0 aromatic heterocycles. The summed E-state index contributed by atoms with van der Waals surface area (Å²) >= 11 is 0. The predicted molar refractivity (Wildman–Crippen MR) is 53.1 cm³/mol. The van der Waals surface area contributed by atoms with Crippen molar-refractivity contribution >= 4 is 0 Å². The highest BCUT2D eigenvalue weighted by Gasteiger charge is 2.10. The van der Waals surface area contributed by atoms with E-state index < -0.39 is 11.6 Å². The van der Waals surface area contributed by atoms with E-state index >= 15 is 0 Å². The molecule has 0 fully saturated rings. The minimum absolute atomic E-state index is 0.0323.